The lowest BCUT2D eigenvalue weighted by Gasteiger charge is -2.35. The highest BCUT2D eigenvalue weighted by atomic mass is 19.4. The van der Waals surface area contributed by atoms with Crippen molar-refractivity contribution in [2.75, 3.05) is 32.8 Å². The number of carbonyl (C=O) groups excluding carboxylic acids is 1. The number of aryl methyl sites for hydroxylation is 1. The van der Waals surface area contributed by atoms with Gasteiger partial charge in [-0.3, -0.25) is 9.69 Å². The summed E-state index contributed by atoms with van der Waals surface area (Å²) in [6.07, 6.45) is -6.78. The van der Waals surface area contributed by atoms with E-state index in [1.54, 1.807) is 6.92 Å². The summed E-state index contributed by atoms with van der Waals surface area (Å²) in [5, 5.41) is 9.34. The van der Waals surface area contributed by atoms with Gasteiger partial charge < -0.3 is 19.5 Å². The molecule has 1 saturated carbocycles. The van der Waals surface area contributed by atoms with Crippen molar-refractivity contribution >= 4 is 12.1 Å². The average Bonchev–Trinajstić information content (AvgIpc) is 3.48. The topological polar surface area (TPSA) is 79.3 Å². The van der Waals surface area contributed by atoms with Gasteiger partial charge in [0.25, 0.3) is 0 Å². The summed E-state index contributed by atoms with van der Waals surface area (Å²) in [6, 6.07) is 2.64. The van der Waals surface area contributed by atoms with Gasteiger partial charge in [-0.2, -0.15) is 13.2 Å². The SMILES string of the molecule is Cc1cc(F)cc(CN2CCN(C(=O)OC(C)C(F)(F)F)CC2)c1OCC1(C(=O)O)CC1. The molecule has 7 nitrogen and oxygen atoms in total. The van der Waals surface area contributed by atoms with Gasteiger partial charge in [0.15, 0.2) is 6.10 Å². The number of piperazine rings is 1. The smallest absolute Gasteiger partial charge is 0.425 e. The molecule has 178 valence electrons. The highest BCUT2D eigenvalue weighted by molar-refractivity contribution is 5.78. The molecule has 11 heteroatoms. The molecule has 1 aliphatic carbocycles. The Bertz CT molecular complexity index is 864. The van der Waals surface area contributed by atoms with Crippen LogP contribution >= 0.6 is 0 Å². The lowest BCUT2D eigenvalue weighted by molar-refractivity contribution is -0.200. The first-order valence-corrected chi connectivity index (χ1v) is 10.3. The summed E-state index contributed by atoms with van der Waals surface area (Å²) in [7, 11) is 0. The van der Waals surface area contributed by atoms with Crippen LogP contribution in [0.5, 0.6) is 5.75 Å². The highest BCUT2D eigenvalue weighted by Crippen LogP contribution is 2.46. The number of benzene rings is 1. The van der Waals surface area contributed by atoms with E-state index in [0.29, 0.717) is 42.8 Å². The highest BCUT2D eigenvalue weighted by Gasteiger charge is 2.51. The van der Waals surface area contributed by atoms with Gasteiger partial charge in [-0.25, -0.2) is 9.18 Å². The summed E-state index contributed by atoms with van der Waals surface area (Å²) >= 11 is 0. The number of aliphatic carboxylic acids is 1. The number of ether oxygens (including phenoxy) is 2. The van der Waals surface area contributed by atoms with Crippen LogP contribution < -0.4 is 4.74 Å². The molecule has 1 N–H and O–H groups in total. The minimum Gasteiger partial charge on any atom is -0.492 e. The third-order valence-electron chi connectivity index (χ3n) is 5.88. The Balaban J connectivity index is 1.60. The van der Waals surface area contributed by atoms with Crippen molar-refractivity contribution in [2.24, 2.45) is 5.41 Å². The number of alkyl halides is 3. The first kappa shape index (κ1) is 24.1. The van der Waals surface area contributed by atoms with Crippen LogP contribution in [0, 0.1) is 18.2 Å². The molecule has 0 radical (unpaired) electrons. The van der Waals surface area contributed by atoms with Crippen molar-refractivity contribution in [3.05, 3.63) is 29.1 Å². The molecule has 1 aliphatic heterocycles. The van der Waals surface area contributed by atoms with E-state index in [0.717, 1.165) is 6.92 Å². The number of hydrogen-bond donors (Lipinski definition) is 1. The zero-order valence-electron chi connectivity index (χ0n) is 17.9. The van der Waals surface area contributed by atoms with Crippen molar-refractivity contribution in [3.63, 3.8) is 0 Å². The molecular weight excluding hydrogens is 436 g/mol. The maximum atomic E-state index is 14.0. The fourth-order valence-electron chi connectivity index (χ4n) is 3.53. The quantitative estimate of drug-likeness (QED) is 0.624. The minimum absolute atomic E-state index is 0.00118. The van der Waals surface area contributed by atoms with Crippen LogP contribution in [0.3, 0.4) is 0 Å². The van der Waals surface area contributed by atoms with E-state index in [9.17, 15) is 32.3 Å². The number of carboxylic acids is 1. The number of halogens is 4. The number of nitrogens with zero attached hydrogens (tertiary/aromatic N) is 2. The van der Waals surface area contributed by atoms with Crippen LogP contribution in [0.2, 0.25) is 0 Å². The van der Waals surface area contributed by atoms with E-state index in [1.807, 2.05) is 4.90 Å². The van der Waals surface area contributed by atoms with E-state index < -0.39 is 35.6 Å². The van der Waals surface area contributed by atoms with Gasteiger partial charge in [0, 0.05) is 38.3 Å². The minimum atomic E-state index is -4.62. The van der Waals surface area contributed by atoms with E-state index in [1.165, 1.54) is 17.0 Å². The monoisotopic (exact) mass is 462 g/mol. The summed E-state index contributed by atoms with van der Waals surface area (Å²) in [5.74, 6) is -0.936. The second kappa shape index (κ2) is 9.13. The summed E-state index contributed by atoms with van der Waals surface area (Å²) in [5.41, 5.74) is 0.201. The predicted octanol–water partition coefficient (Wildman–Crippen LogP) is 3.58. The molecule has 1 atom stereocenters. The van der Waals surface area contributed by atoms with Crippen LogP contribution in [0.4, 0.5) is 22.4 Å². The molecule has 2 aliphatic rings. The number of hydrogen-bond acceptors (Lipinski definition) is 5. The van der Waals surface area contributed by atoms with Crippen LogP contribution in [0.15, 0.2) is 12.1 Å². The van der Waals surface area contributed by atoms with Gasteiger partial charge in [-0.05, 0) is 44.4 Å². The number of rotatable bonds is 7. The number of amides is 1. The molecular formula is C21H26F4N2O5. The van der Waals surface area contributed by atoms with Crippen LogP contribution in [0.1, 0.15) is 30.9 Å². The van der Waals surface area contributed by atoms with Crippen molar-refractivity contribution < 1.29 is 41.7 Å². The van der Waals surface area contributed by atoms with Crippen molar-refractivity contribution in [1.82, 2.24) is 9.80 Å². The average molecular weight is 462 g/mol. The molecule has 32 heavy (non-hydrogen) atoms. The Kier molecular flexibility index (Phi) is 6.87. The second-order valence-electron chi connectivity index (χ2n) is 8.42. The van der Waals surface area contributed by atoms with E-state index in [4.69, 9.17) is 4.74 Å². The maximum Gasteiger partial charge on any atom is 0.425 e. The zero-order chi connectivity index (χ0) is 23.7. The van der Waals surface area contributed by atoms with E-state index in [-0.39, 0.29) is 26.2 Å². The molecule has 1 saturated heterocycles. The summed E-state index contributed by atoms with van der Waals surface area (Å²) in [4.78, 5) is 26.5. The van der Waals surface area contributed by atoms with Gasteiger partial charge in [0.05, 0.1) is 0 Å². The Labute approximate surface area is 182 Å². The van der Waals surface area contributed by atoms with Crippen LogP contribution in [-0.2, 0) is 16.1 Å². The first-order chi connectivity index (χ1) is 14.9. The molecule has 1 heterocycles. The van der Waals surface area contributed by atoms with Crippen molar-refractivity contribution in [1.29, 1.82) is 0 Å². The normalized spacial score (nSPS) is 19.4. The van der Waals surface area contributed by atoms with E-state index in [2.05, 4.69) is 4.74 Å². The fraction of sp³-hybridized carbons (Fsp3) is 0.619. The van der Waals surface area contributed by atoms with Crippen molar-refractivity contribution in [3.8, 4) is 5.75 Å². The largest absolute Gasteiger partial charge is 0.492 e. The standard InChI is InChI=1S/C21H26F4N2O5/c1-13-9-16(22)10-15(17(13)31-12-20(3-4-20)18(28)29)11-26-5-7-27(8-6-26)19(30)32-14(2)21(23,24)25/h9-10,14H,3-8,11-12H2,1-2H3,(H,28,29). The van der Waals surface area contributed by atoms with Gasteiger partial charge >= 0.3 is 18.2 Å². The molecule has 0 bridgehead atoms. The molecule has 3 rings (SSSR count). The third-order valence-corrected chi connectivity index (χ3v) is 5.88. The van der Waals surface area contributed by atoms with Crippen LogP contribution in [-0.4, -0.2) is 72.0 Å². The Morgan fingerprint density at radius 1 is 1.19 bits per heavy atom. The van der Waals surface area contributed by atoms with E-state index >= 15 is 0 Å². The summed E-state index contributed by atoms with van der Waals surface area (Å²) in [6.45, 7) is 3.77. The molecule has 0 spiro atoms. The molecule has 1 unspecified atom stereocenters. The molecule has 2 fully saturated rings. The van der Waals surface area contributed by atoms with Gasteiger partial charge in [0.2, 0.25) is 0 Å². The fourth-order valence-corrected chi connectivity index (χ4v) is 3.53. The molecule has 1 amide bonds. The molecule has 1 aromatic rings. The van der Waals surface area contributed by atoms with Crippen LogP contribution in [0.25, 0.3) is 0 Å². The predicted molar refractivity (Wildman–Crippen MR) is 105 cm³/mol. The lowest BCUT2D eigenvalue weighted by Crippen LogP contribution is -2.49. The Hall–Kier alpha value is -2.56. The molecule has 1 aromatic carbocycles. The summed E-state index contributed by atoms with van der Waals surface area (Å²) < 4.78 is 62.1. The Morgan fingerprint density at radius 2 is 1.81 bits per heavy atom. The number of carboxylic acid groups (broad SMARTS) is 1. The van der Waals surface area contributed by atoms with Gasteiger partial charge in [-0.1, -0.05) is 0 Å². The lowest BCUT2D eigenvalue weighted by atomic mass is 10.1. The maximum absolute atomic E-state index is 14.0. The van der Waals surface area contributed by atoms with Gasteiger partial charge in [0.1, 0.15) is 23.6 Å². The first-order valence-electron chi connectivity index (χ1n) is 10.3. The van der Waals surface area contributed by atoms with Crippen molar-refractivity contribution in [2.45, 2.75) is 45.5 Å². The third kappa shape index (κ3) is 5.62. The zero-order valence-corrected chi connectivity index (χ0v) is 17.9. The number of carbonyl (C=O) groups is 2. The second-order valence-corrected chi connectivity index (χ2v) is 8.42. The van der Waals surface area contributed by atoms with Gasteiger partial charge in [-0.15, -0.1) is 0 Å². The molecule has 0 aromatic heterocycles. The Morgan fingerprint density at radius 3 is 2.34 bits per heavy atom.